The smallest absolute Gasteiger partial charge is 0.118 e. The Bertz CT molecular complexity index is 170. The average Bonchev–Trinajstić information content (AvgIpc) is 2.17. The minimum Gasteiger partial charge on any atom is -0.358 e. The third kappa shape index (κ3) is 3.39. The van der Waals surface area contributed by atoms with Crippen molar-refractivity contribution in [3.05, 3.63) is 0 Å². The molecule has 0 bridgehead atoms. The fourth-order valence-corrected chi connectivity index (χ4v) is 1.85. The Morgan fingerprint density at radius 2 is 2.14 bits per heavy atom. The summed E-state index contributed by atoms with van der Waals surface area (Å²) in [7, 11) is 0. The van der Waals surface area contributed by atoms with Gasteiger partial charge in [0.1, 0.15) is 5.72 Å². The lowest BCUT2D eigenvalue weighted by molar-refractivity contribution is -0.113. The van der Waals surface area contributed by atoms with Gasteiger partial charge in [0.25, 0.3) is 0 Å². The van der Waals surface area contributed by atoms with Crippen molar-refractivity contribution < 1.29 is 4.74 Å². The summed E-state index contributed by atoms with van der Waals surface area (Å²) in [5.74, 6) is 0.719. The summed E-state index contributed by atoms with van der Waals surface area (Å²) in [6, 6.07) is 0. The van der Waals surface area contributed by atoms with Crippen molar-refractivity contribution in [2.75, 3.05) is 19.0 Å². The third-order valence-electron chi connectivity index (χ3n) is 2.92. The normalized spacial score (nSPS) is 25.7. The molecule has 0 aliphatic carbocycles. The molecule has 1 aliphatic rings. The molecule has 3 N–H and O–H groups in total. The quantitative estimate of drug-likeness (QED) is 0.555. The molecule has 2 atom stereocenters. The summed E-state index contributed by atoms with van der Waals surface area (Å²) in [4.78, 5) is 0. The molecule has 0 spiro atoms. The number of hydrogen-bond acceptors (Lipinski definition) is 3. The van der Waals surface area contributed by atoms with Crippen molar-refractivity contribution in [1.82, 2.24) is 5.32 Å². The van der Waals surface area contributed by atoms with Gasteiger partial charge in [-0.05, 0) is 32.9 Å². The number of alkyl halides is 1. The molecule has 0 aromatic carbocycles. The molecular formula is C10H21ClN2O. The Morgan fingerprint density at radius 1 is 1.57 bits per heavy atom. The van der Waals surface area contributed by atoms with Gasteiger partial charge in [-0.15, -0.1) is 11.6 Å². The highest BCUT2D eigenvalue weighted by Crippen LogP contribution is 2.22. The highest BCUT2D eigenvalue weighted by molar-refractivity contribution is 6.18. The van der Waals surface area contributed by atoms with E-state index in [2.05, 4.69) is 5.32 Å². The maximum atomic E-state index is 6.07. The van der Waals surface area contributed by atoms with Crippen LogP contribution in [0.25, 0.3) is 0 Å². The van der Waals surface area contributed by atoms with Crippen LogP contribution in [-0.4, -0.2) is 30.8 Å². The van der Waals surface area contributed by atoms with Gasteiger partial charge in [0, 0.05) is 11.8 Å². The van der Waals surface area contributed by atoms with E-state index in [1.807, 2.05) is 13.8 Å². The molecule has 4 heteroatoms. The van der Waals surface area contributed by atoms with Crippen LogP contribution in [0.4, 0.5) is 0 Å². The molecule has 0 aromatic rings. The van der Waals surface area contributed by atoms with Crippen molar-refractivity contribution in [2.24, 2.45) is 11.7 Å². The van der Waals surface area contributed by atoms with Crippen LogP contribution in [0.5, 0.6) is 0 Å². The van der Waals surface area contributed by atoms with E-state index in [1.54, 1.807) is 0 Å². The SMILES string of the molecule is CC(CCl)C(C)(N)OC1CCNCC1. The minimum atomic E-state index is -0.593. The molecule has 1 saturated heterocycles. The molecule has 84 valence electrons. The first-order chi connectivity index (χ1) is 6.56. The highest BCUT2D eigenvalue weighted by atomic mass is 35.5. The van der Waals surface area contributed by atoms with Crippen LogP contribution in [0.15, 0.2) is 0 Å². The van der Waals surface area contributed by atoms with Crippen molar-refractivity contribution in [2.45, 2.75) is 38.5 Å². The summed E-state index contributed by atoms with van der Waals surface area (Å²) in [6.07, 6.45) is 2.38. The number of rotatable bonds is 4. The average molecular weight is 221 g/mol. The first-order valence-electron chi connectivity index (χ1n) is 5.29. The molecule has 0 saturated carbocycles. The van der Waals surface area contributed by atoms with Crippen molar-refractivity contribution >= 4 is 11.6 Å². The summed E-state index contributed by atoms with van der Waals surface area (Å²) in [5.41, 5.74) is 5.48. The van der Waals surface area contributed by atoms with Gasteiger partial charge in [-0.3, -0.25) is 0 Å². The van der Waals surface area contributed by atoms with E-state index in [0.717, 1.165) is 25.9 Å². The van der Waals surface area contributed by atoms with Crippen LogP contribution in [0.2, 0.25) is 0 Å². The maximum Gasteiger partial charge on any atom is 0.118 e. The Labute approximate surface area is 91.3 Å². The van der Waals surface area contributed by atoms with E-state index in [-0.39, 0.29) is 12.0 Å². The molecule has 1 rings (SSSR count). The topological polar surface area (TPSA) is 47.3 Å². The number of piperidine rings is 1. The van der Waals surface area contributed by atoms with Gasteiger partial charge >= 0.3 is 0 Å². The fraction of sp³-hybridized carbons (Fsp3) is 1.00. The lowest BCUT2D eigenvalue weighted by Crippen LogP contribution is -2.50. The van der Waals surface area contributed by atoms with E-state index in [9.17, 15) is 0 Å². The number of nitrogens with two attached hydrogens (primary N) is 1. The van der Waals surface area contributed by atoms with E-state index in [1.165, 1.54) is 0 Å². The molecule has 1 fully saturated rings. The second-order valence-electron chi connectivity index (χ2n) is 4.31. The maximum absolute atomic E-state index is 6.07. The van der Waals surface area contributed by atoms with Crippen molar-refractivity contribution in [3.8, 4) is 0 Å². The standard InChI is InChI=1S/C10H21ClN2O/c1-8(7-11)10(2,12)14-9-3-5-13-6-4-9/h8-9,13H,3-7,12H2,1-2H3. The van der Waals surface area contributed by atoms with Crippen LogP contribution < -0.4 is 11.1 Å². The molecule has 1 aliphatic heterocycles. The predicted molar refractivity (Wildman–Crippen MR) is 59.5 cm³/mol. The van der Waals surface area contributed by atoms with E-state index >= 15 is 0 Å². The molecule has 0 amide bonds. The van der Waals surface area contributed by atoms with Gasteiger partial charge in [0.05, 0.1) is 6.10 Å². The van der Waals surface area contributed by atoms with Crippen LogP contribution in [-0.2, 0) is 4.74 Å². The number of halogens is 1. The zero-order chi connectivity index (χ0) is 10.6. The molecular weight excluding hydrogens is 200 g/mol. The largest absolute Gasteiger partial charge is 0.358 e. The molecule has 14 heavy (non-hydrogen) atoms. The zero-order valence-corrected chi connectivity index (χ0v) is 9.81. The van der Waals surface area contributed by atoms with Crippen LogP contribution >= 0.6 is 11.6 Å². The first-order valence-corrected chi connectivity index (χ1v) is 5.83. The van der Waals surface area contributed by atoms with E-state index in [4.69, 9.17) is 22.1 Å². The van der Waals surface area contributed by atoms with Gasteiger partial charge in [-0.1, -0.05) is 6.92 Å². The van der Waals surface area contributed by atoms with Gasteiger partial charge < -0.3 is 15.8 Å². The highest BCUT2D eigenvalue weighted by Gasteiger charge is 2.30. The molecule has 3 nitrogen and oxygen atoms in total. The zero-order valence-electron chi connectivity index (χ0n) is 9.05. The van der Waals surface area contributed by atoms with Gasteiger partial charge in [-0.25, -0.2) is 0 Å². The Balaban J connectivity index is 2.40. The number of hydrogen-bond donors (Lipinski definition) is 2. The fourth-order valence-electron chi connectivity index (χ4n) is 1.54. The summed E-state index contributed by atoms with van der Waals surface area (Å²) >= 11 is 5.78. The van der Waals surface area contributed by atoms with Gasteiger partial charge in [-0.2, -0.15) is 0 Å². The minimum absolute atomic E-state index is 0.180. The summed E-state index contributed by atoms with van der Waals surface area (Å²) in [5, 5.41) is 3.30. The second-order valence-corrected chi connectivity index (χ2v) is 4.62. The molecule has 0 aromatic heterocycles. The van der Waals surface area contributed by atoms with E-state index in [0.29, 0.717) is 5.88 Å². The predicted octanol–water partition coefficient (Wildman–Crippen LogP) is 1.30. The monoisotopic (exact) mass is 220 g/mol. The van der Waals surface area contributed by atoms with Gasteiger partial charge in [0.15, 0.2) is 0 Å². The number of ether oxygens (including phenoxy) is 1. The lowest BCUT2D eigenvalue weighted by Gasteiger charge is -2.36. The van der Waals surface area contributed by atoms with Crippen LogP contribution in [0, 0.1) is 5.92 Å². The molecule has 2 unspecified atom stereocenters. The summed E-state index contributed by atoms with van der Waals surface area (Å²) in [6.45, 7) is 5.99. The first kappa shape index (κ1) is 12.2. The number of nitrogens with one attached hydrogen (secondary N) is 1. The molecule has 1 heterocycles. The lowest BCUT2D eigenvalue weighted by atomic mass is 10.0. The van der Waals surface area contributed by atoms with Crippen LogP contribution in [0.1, 0.15) is 26.7 Å². The van der Waals surface area contributed by atoms with Crippen molar-refractivity contribution in [3.63, 3.8) is 0 Å². The third-order valence-corrected chi connectivity index (χ3v) is 3.38. The van der Waals surface area contributed by atoms with E-state index < -0.39 is 5.72 Å². The molecule has 0 radical (unpaired) electrons. The Morgan fingerprint density at radius 3 is 2.64 bits per heavy atom. The van der Waals surface area contributed by atoms with Crippen molar-refractivity contribution in [1.29, 1.82) is 0 Å². The second kappa shape index (κ2) is 5.31. The Kier molecular flexibility index (Phi) is 4.64. The van der Waals surface area contributed by atoms with Crippen LogP contribution in [0.3, 0.4) is 0 Å². The summed E-state index contributed by atoms with van der Waals surface area (Å²) < 4.78 is 5.88. The van der Waals surface area contributed by atoms with Gasteiger partial charge in [0.2, 0.25) is 0 Å². The Hall–Kier alpha value is 0.170.